The van der Waals surface area contributed by atoms with Crippen molar-refractivity contribution in [3.05, 3.63) is 34.3 Å². The number of nitrogens with one attached hydrogen (secondary N) is 1. The Morgan fingerprint density at radius 1 is 1.47 bits per heavy atom. The van der Waals surface area contributed by atoms with Crippen molar-refractivity contribution >= 4 is 21.8 Å². The van der Waals surface area contributed by atoms with Gasteiger partial charge in [0.25, 0.3) is 0 Å². The third kappa shape index (κ3) is 4.96. The molecule has 0 spiro atoms. The lowest BCUT2D eigenvalue weighted by molar-refractivity contribution is -0.126. The second-order valence-corrected chi connectivity index (χ2v) is 6.19. The third-order valence-electron chi connectivity index (χ3n) is 3.15. The minimum Gasteiger partial charge on any atom is -0.352 e. The van der Waals surface area contributed by atoms with Crippen LogP contribution < -0.4 is 11.1 Å². The van der Waals surface area contributed by atoms with E-state index in [4.69, 9.17) is 5.73 Å². The summed E-state index contributed by atoms with van der Waals surface area (Å²) < 4.78 is 1.07. The molecule has 0 heterocycles. The third-order valence-corrected chi connectivity index (χ3v) is 3.92. The Labute approximate surface area is 124 Å². The van der Waals surface area contributed by atoms with E-state index in [9.17, 15) is 4.79 Å². The molecule has 1 amide bonds. The van der Waals surface area contributed by atoms with Crippen molar-refractivity contribution in [2.24, 2.45) is 5.73 Å². The Morgan fingerprint density at radius 3 is 2.68 bits per heavy atom. The normalized spacial score (nSPS) is 15.6. The van der Waals surface area contributed by atoms with E-state index < -0.39 is 5.54 Å². The Morgan fingerprint density at radius 2 is 2.11 bits per heavy atom. The monoisotopic (exact) mass is 326 g/mol. The fourth-order valence-electron chi connectivity index (χ4n) is 2.07. The van der Waals surface area contributed by atoms with Crippen LogP contribution in [0.2, 0.25) is 0 Å². The molecule has 3 nitrogen and oxygen atoms in total. The Bertz CT molecular complexity index is 432. The molecule has 0 fully saturated rings. The number of hydrogen-bond acceptors (Lipinski definition) is 2. The van der Waals surface area contributed by atoms with Gasteiger partial charge in [0.1, 0.15) is 0 Å². The average molecular weight is 327 g/mol. The first-order valence-electron chi connectivity index (χ1n) is 6.70. The molecule has 19 heavy (non-hydrogen) atoms. The SMILES string of the molecule is CCCC(C)(N)C(=O)NC(C)Cc1ccccc1Br. The van der Waals surface area contributed by atoms with Crippen molar-refractivity contribution in [1.82, 2.24) is 5.32 Å². The maximum atomic E-state index is 12.1. The van der Waals surface area contributed by atoms with E-state index in [-0.39, 0.29) is 11.9 Å². The number of rotatable bonds is 6. The first-order chi connectivity index (χ1) is 8.86. The molecular weight excluding hydrogens is 304 g/mol. The van der Waals surface area contributed by atoms with Gasteiger partial charge in [-0.2, -0.15) is 0 Å². The largest absolute Gasteiger partial charge is 0.352 e. The molecule has 1 rings (SSSR count). The van der Waals surface area contributed by atoms with E-state index in [2.05, 4.69) is 27.3 Å². The number of carbonyl (C=O) groups excluding carboxylic acids is 1. The minimum atomic E-state index is -0.781. The summed E-state index contributed by atoms with van der Waals surface area (Å²) in [6, 6.07) is 8.10. The van der Waals surface area contributed by atoms with Gasteiger partial charge in [-0.25, -0.2) is 0 Å². The highest BCUT2D eigenvalue weighted by Crippen LogP contribution is 2.17. The average Bonchev–Trinajstić information content (AvgIpc) is 2.32. The first-order valence-corrected chi connectivity index (χ1v) is 7.49. The topological polar surface area (TPSA) is 55.1 Å². The van der Waals surface area contributed by atoms with Gasteiger partial charge >= 0.3 is 0 Å². The first kappa shape index (κ1) is 16.2. The minimum absolute atomic E-state index is 0.0610. The number of carbonyl (C=O) groups is 1. The standard InChI is InChI=1S/C15H23BrN2O/c1-4-9-15(3,17)14(19)18-11(2)10-12-7-5-6-8-13(12)16/h5-8,11H,4,9-10,17H2,1-3H3,(H,18,19). The van der Waals surface area contributed by atoms with E-state index >= 15 is 0 Å². The second kappa shape index (κ2) is 7.06. The number of hydrogen-bond donors (Lipinski definition) is 2. The van der Waals surface area contributed by atoms with Gasteiger partial charge in [-0.15, -0.1) is 0 Å². The highest BCUT2D eigenvalue weighted by atomic mass is 79.9. The van der Waals surface area contributed by atoms with Crippen LogP contribution in [0.1, 0.15) is 39.2 Å². The van der Waals surface area contributed by atoms with E-state index in [0.29, 0.717) is 6.42 Å². The Kier molecular flexibility index (Phi) is 6.01. The summed E-state index contributed by atoms with van der Waals surface area (Å²) in [7, 11) is 0. The zero-order valence-electron chi connectivity index (χ0n) is 11.9. The maximum absolute atomic E-state index is 12.1. The molecule has 0 aromatic heterocycles. The van der Waals surface area contributed by atoms with Gasteiger partial charge in [0.15, 0.2) is 0 Å². The van der Waals surface area contributed by atoms with Crippen LogP contribution in [0.5, 0.6) is 0 Å². The Hall–Kier alpha value is -0.870. The fraction of sp³-hybridized carbons (Fsp3) is 0.533. The summed E-state index contributed by atoms with van der Waals surface area (Å²) >= 11 is 3.52. The quantitative estimate of drug-likeness (QED) is 0.844. The summed E-state index contributed by atoms with van der Waals surface area (Å²) in [5.74, 6) is -0.0751. The molecule has 2 unspecified atom stereocenters. The summed E-state index contributed by atoms with van der Waals surface area (Å²) in [6.45, 7) is 5.82. The number of benzene rings is 1. The molecule has 1 aromatic carbocycles. The van der Waals surface area contributed by atoms with Crippen LogP contribution in [0, 0.1) is 0 Å². The van der Waals surface area contributed by atoms with Crippen molar-refractivity contribution in [3.8, 4) is 0 Å². The van der Waals surface area contributed by atoms with Crippen molar-refractivity contribution in [2.75, 3.05) is 0 Å². The van der Waals surface area contributed by atoms with Crippen molar-refractivity contribution in [3.63, 3.8) is 0 Å². The van der Waals surface area contributed by atoms with E-state index in [1.54, 1.807) is 6.92 Å². The van der Waals surface area contributed by atoms with Gasteiger partial charge in [-0.3, -0.25) is 4.79 Å². The summed E-state index contributed by atoms with van der Waals surface area (Å²) in [6.07, 6.45) is 2.38. The molecule has 0 bridgehead atoms. The highest BCUT2D eigenvalue weighted by molar-refractivity contribution is 9.10. The molecular formula is C15H23BrN2O. The van der Waals surface area contributed by atoms with Crippen LogP contribution in [0.25, 0.3) is 0 Å². The molecule has 4 heteroatoms. The van der Waals surface area contributed by atoms with Gasteiger partial charge < -0.3 is 11.1 Å². The summed E-state index contributed by atoms with van der Waals surface area (Å²) in [4.78, 5) is 12.1. The number of amides is 1. The predicted molar refractivity (Wildman–Crippen MR) is 83.0 cm³/mol. The molecule has 3 N–H and O–H groups in total. The number of nitrogens with two attached hydrogens (primary N) is 1. The molecule has 0 aliphatic carbocycles. The highest BCUT2D eigenvalue weighted by Gasteiger charge is 2.28. The summed E-state index contributed by atoms with van der Waals surface area (Å²) in [5, 5.41) is 3.00. The van der Waals surface area contributed by atoms with Gasteiger partial charge in [-0.05, 0) is 38.3 Å². The fourth-order valence-corrected chi connectivity index (χ4v) is 2.51. The van der Waals surface area contributed by atoms with Crippen LogP contribution >= 0.6 is 15.9 Å². The molecule has 2 atom stereocenters. The molecule has 0 aliphatic heterocycles. The van der Waals surface area contributed by atoms with Crippen LogP contribution in [0.15, 0.2) is 28.7 Å². The van der Waals surface area contributed by atoms with Crippen LogP contribution in [-0.4, -0.2) is 17.5 Å². The maximum Gasteiger partial charge on any atom is 0.240 e. The molecule has 0 saturated carbocycles. The van der Waals surface area contributed by atoms with Crippen LogP contribution in [0.4, 0.5) is 0 Å². The smallest absolute Gasteiger partial charge is 0.240 e. The van der Waals surface area contributed by atoms with Crippen molar-refractivity contribution < 1.29 is 4.79 Å². The number of halogens is 1. The van der Waals surface area contributed by atoms with Crippen LogP contribution in [0.3, 0.4) is 0 Å². The van der Waals surface area contributed by atoms with Crippen molar-refractivity contribution in [2.45, 2.75) is 51.6 Å². The van der Waals surface area contributed by atoms with Crippen molar-refractivity contribution in [1.29, 1.82) is 0 Å². The predicted octanol–water partition coefficient (Wildman–Crippen LogP) is 3.01. The van der Waals surface area contributed by atoms with Gasteiger partial charge in [0.05, 0.1) is 5.54 Å². The lowest BCUT2D eigenvalue weighted by Gasteiger charge is -2.25. The summed E-state index contributed by atoms with van der Waals surface area (Å²) in [5.41, 5.74) is 6.42. The molecule has 0 radical (unpaired) electrons. The zero-order chi connectivity index (χ0) is 14.5. The lowest BCUT2D eigenvalue weighted by atomic mass is 9.95. The van der Waals surface area contributed by atoms with E-state index in [1.165, 1.54) is 5.56 Å². The lowest BCUT2D eigenvalue weighted by Crippen LogP contribution is -2.53. The van der Waals surface area contributed by atoms with E-state index in [1.807, 2.05) is 32.0 Å². The molecule has 1 aromatic rings. The second-order valence-electron chi connectivity index (χ2n) is 5.34. The molecule has 0 aliphatic rings. The Balaban J connectivity index is 2.59. The molecule has 106 valence electrons. The van der Waals surface area contributed by atoms with Gasteiger partial charge in [0, 0.05) is 10.5 Å². The van der Waals surface area contributed by atoms with Gasteiger partial charge in [0.2, 0.25) is 5.91 Å². The van der Waals surface area contributed by atoms with Gasteiger partial charge in [-0.1, -0.05) is 47.5 Å². The molecule has 0 saturated heterocycles. The zero-order valence-corrected chi connectivity index (χ0v) is 13.5. The van der Waals surface area contributed by atoms with E-state index in [0.717, 1.165) is 17.3 Å². The van der Waals surface area contributed by atoms with Crippen LogP contribution in [-0.2, 0) is 11.2 Å².